The molecule has 1 aromatic heterocycles. The minimum Gasteiger partial charge on any atom is -0.481 e. The van der Waals surface area contributed by atoms with Gasteiger partial charge in [0.1, 0.15) is 5.58 Å². The molecule has 1 unspecified atom stereocenters. The predicted octanol–water partition coefficient (Wildman–Crippen LogP) is 2.92. The number of aryl methyl sites for hydroxylation is 1. The zero-order valence-electron chi connectivity index (χ0n) is 12.4. The maximum atomic E-state index is 12.6. The smallest absolute Gasteiger partial charge is 0.308 e. The largest absolute Gasteiger partial charge is 0.481 e. The number of carboxylic acid groups (broad SMARTS) is 1. The van der Waals surface area contributed by atoms with Crippen LogP contribution in [0.2, 0.25) is 0 Å². The van der Waals surface area contributed by atoms with Crippen LogP contribution in [0.1, 0.15) is 30.0 Å². The number of carbonyl (C=O) groups is 2. The summed E-state index contributed by atoms with van der Waals surface area (Å²) in [6, 6.07) is 7.46. The monoisotopic (exact) mass is 289 g/mol. The van der Waals surface area contributed by atoms with E-state index in [4.69, 9.17) is 9.52 Å². The van der Waals surface area contributed by atoms with E-state index in [1.165, 1.54) is 4.90 Å². The lowest BCUT2D eigenvalue weighted by atomic mass is 10.1. The summed E-state index contributed by atoms with van der Waals surface area (Å²) in [5.41, 5.74) is 1.46. The van der Waals surface area contributed by atoms with Gasteiger partial charge in [-0.15, -0.1) is 0 Å². The summed E-state index contributed by atoms with van der Waals surface area (Å²) in [7, 11) is 0. The van der Waals surface area contributed by atoms with Crippen LogP contribution in [0.3, 0.4) is 0 Å². The van der Waals surface area contributed by atoms with Crippen molar-refractivity contribution in [3.8, 4) is 0 Å². The van der Waals surface area contributed by atoms with Crippen LogP contribution in [0.5, 0.6) is 0 Å². The van der Waals surface area contributed by atoms with Gasteiger partial charge < -0.3 is 14.4 Å². The molecule has 21 heavy (non-hydrogen) atoms. The van der Waals surface area contributed by atoms with Gasteiger partial charge in [0, 0.05) is 24.0 Å². The lowest BCUT2D eigenvalue weighted by molar-refractivity contribution is -0.141. The van der Waals surface area contributed by atoms with E-state index < -0.39 is 11.9 Å². The minimum atomic E-state index is -0.914. The second-order valence-corrected chi connectivity index (χ2v) is 5.14. The topological polar surface area (TPSA) is 70.8 Å². The van der Waals surface area contributed by atoms with Crippen LogP contribution in [0, 0.1) is 12.8 Å². The Bertz CT molecular complexity index is 674. The predicted molar refractivity (Wildman–Crippen MR) is 79.3 cm³/mol. The Kier molecular flexibility index (Phi) is 4.31. The second kappa shape index (κ2) is 5.99. The van der Waals surface area contributed by atoms with Crippen molar-refractivity contribution in [2.75, 3.05) is 13.1 Å². The molecule has 2 rings (SSSR count). The van der Waals surface area contributed by atoms with E-state index in [-0.39, 0.29) is 18.2 Å². The molecule has 0 aliphatic rings. The molecule has 1 heterocycles. The van der Waals surface area contributed by atoms with Crippen LogP contribution >= 0.6 is 0 Å². The first-order valence-electron chi connectivity index (χ1n) is 6.95. The lowest BCUT2D eigenvalue weighted by Crippen LogP contribution is -2.36. The first-order valence-corrected chi connectivity index (χ1v) is 6.95. The van der Waals surface area contributed by atoms with Gasteiger partial charge in [-0.25, -0.2) is 0 Å². The number of carbonyl (C=O) groups excluding carboxylic acids is 1. The molecule has 0 saturated carbocycles. The molecule has 1 N–H and O–H groups in total. The number of para-hydroxylation sites is 1. The fourth-order valence-corrected chi connectivity index (χ4v) is 2.29. The molecule has 112 valence electrons. The highest BCUT2D eigenvalue weighted by molar-refractivity contribution is 5.99. The van der Waals surface area contributed by atoms with Gasteiger partial charge in [0.15, 0.2) is 5.76 Å². The van der Waals surface area contributed by atoms with Crippen LogP contribution in [0.15, 0.2) is 28.7 Å². The quantitative estimate of drug-likeness (QED) is 0.918. The Morgan fingerprint density at radius 1 is 1.33 bits per heavy atom. The summed E-state index contributed by atoms with van der Waals surface area (Å²) in [5, 5.41) is 9.89. The molecule has 0 aliphatic carbocycles. The van der Waals surface area contributed by atoms with Gasteiger partial charge in [-0.1, -0.05) is 25.1 Å². The molecule has 1 aromatic carbocycles. The number of aliphatic carboxylic acids is 1. The molecule has 0 spiro atoms. The molecule has 1 atom stereocenters. The average molecular weight is 289 g/mol. The number of amides is 1. The van der Waals surface area contributed by atoms with Crippen molar-refractivity contribution in [3.63, 3.8) is 0 Å². The summed E-state index contributed by atoms with van der Waals surface area (Å²) in [5.74, 6) is -1.50. The number of fused-ring (bicyclic) bond motifs is 1. The Hall–Kier alpha value is -2.30. The highest BCUT2D eigenvalue weighted by atomic mass is 16.4. The number of benzene rings is 1. The molecule has 0 aliphatic heterocycles. The zero-order chi connectivity index (χ0) is 15.6. The molecule has 0 bridgehead atoms. The zero-order valence-corrected chi connectivity index (χ0v) is 12.4. The summed E-state index contributed by atoms with van der Waals surface area (Å²) in [6.07, 6.45) is 0. The normalized spacial score (nSPS) is 12.3. The van der Waals surface area contributed by atoms with Gasteiger partial charge >= 0.3 is 5.97 Å². The molecule has 2 aromatic rings. The molecule has 0 saturated heterocycles. The van der Waals surface area contributed by atoms with Crippen LogP contribution in [0.25, 0.3) is 11.0 Å². The molecular formula is C16H19NO4. The Morgan fingerprint density at radius 2 is 2.00 bits per heavy atom. The standard InChI is InChI=1S/C16H19NO4/c1-4-17(9-10(2)16(19)20)15(18)14-11(3)12-7-5-6-8-13(12)21-14/h5-8,10H,4,9H2,1-3H3,(H,19,20). The van der Waals surface area contributed by atoms with Crippen LogP contribution < -0.4 is 0 Å². The van der Waals surface area contributed by atoms with E-state index in [1.54, 1.807) is 6.92 Å². The van der Waals surface area contributed by atoms with Crippen molar-refractivity contribution in [2.24, 2.45) is 5.92 Å². The first-order chi connectivity index (χ1) is 9.95. The Balaban J connectivity index is 2.31. The van der Waals surface area contributed by atoms with Crippen molar-refractivity contribution in [1.29, 1.82) is 0 Å². The summed E-state index contributed by atoms with van der Waals surface area (Å²) in [4.78, 5) is 25.0. The Morgan fingerprint density at radius 3 is 2.57 bits per heavy atom. The van der Waals surface area contributed by atoms with Gasteiger partial charge in [0.2, 0.25) is 0 Å². The third kappa shape index (κ3) is 2.91. The number of nitrogens with zero attached hydrogens (tertiary/aromatic N) is 1. The first kappa shape index (κ1) is 15.1. The van der Waals surface area contributed by atoms with E-state index in [9.17, 15) is 9.59 Å². The van der Waals surface area contributed by atoms with Gasteiger partial charge in [-0.3, -0.25) is 9.59 Å². The van der Waals surface area contributed by atoms with Gasteiger partial charge in [0.05, 0.1) is 5.92 Å². The van der Waals surface area contributed by atoms with Crippen molar-refractivity contribution in [2.45, 2.75) is 20.8 Å². The number of hydrogen-bond donors (Lipinski definition) is 1. The Labute approximate surface area is 123 Å². The molecule has 5 heteroatoms. The lowest BCUT2D eigenvalue weighted by Gasteiger charge is -2.22. The van der Waals surface area contributed by atoms with Gasteiger partial charge in [-0.05, 0) is 19.9 Å². The van der Waals surface area contributed by atoms with Crippen molar-refractivity contribution < 1.29 is 19.1 Å². The summed E-state index contributed by atoms with van der Waals surface area (Å²) < 4.78 is 5.65. The van der Waals surface area contributed by atoms with E-state index in [0.717, 1.165) is 10.9 Å². The van der Waals surface area contributed by atoms with Crippen molar-refractivity contribution in [1.82, 2.24) is 4.90 Å². The highest BCUT2D eigenvalue weighted by Crippen LogP contribution is 2.26. The molecule has 5 nitrogen and oxygen atoms in total. The number of carboxylic acids is 1. The van der Waals surface area contributed by atoms with E-state index >= 15 is 0 Å². The SMILES string of the molecule is CCN(CC(C)C(=O)O)C(=O)c1oc2ccccc2c1C. The minimum absolute atomic E-state index is 0.168. The van der Waals surface area contributed by atoms with Crippen LogP contribution in [-0.2, 0) is 4.79 Å². The number of furan rings is 1. The number of hydrogen-bond acceptors (Lipinski definition) is 3. The van der Waals surface area contributed by atoms with E-state index in [1.807, 2.05) is 38.1 Å². The fourth-order valence-electron chi connectivity index (χ4n) is 2.29. The third-order valence-electron chi connectivity index (χ3n) is 3.62. The maximum absolute atomic E-state index is 12.6. The van der Waals surface area contributed by atoms with Gasteiger partial charge in [-0.2, -0.15) is 0 Å². The summed E-state index contributed by atoms with van der Waals surface area (Å²) >= 11 is 0. The highest BCUT2D eigenvalue weighted by Gasteiger charge is 2.25. The maximum Gasteiger partial charge on any atom is 0.308 e. The van der Waals surface area contributed by atoms with E-state index in [0.29, 0.717) is 12.1 Å². The molecule has 0 fully saturated rings. The summed E-state index contributed by atoms with van der Waals surface area (Å²) in [6.45, 7) is 5.86. The molecule has 1 amide bonds. The van der Waals surface area contributed by atoms with Crippen molar-refractivity contribution in [3.05, 3.63) is 35.6 Å². The molecular weight excluding hydrogens is 270 g/mol. The van der Waals surface area contributed by atoms with E-state index in [2.05, 4.69) is 0 Å². The average Bonchev–Trinajstić information content (AvgIpc) is 2.81. The molecule has 0 radical (unpaired) electrons. The van der Waals surface area contributed by atoms with Crippen LogP contribution in [0.4, 0.5) is 0 Å². The van der Waals surface area contributed by atoms with Crippen LogP contribution in [-0.4, -0.2) is 35.0 Å². The fraction of sp³-hybridized carbons (Fsp3) is 0.375. The van der Waals surface area contributed by atoms with Gasteiger partial charge in [0.25, 0.3) is 5.91 Å². The second-order valence-electron chi connectivity index (χ2n) is 5.14. The number of rotatable bonds is 5. The van der Waals surface area contributed by atoms with Crippen molar-refractivity contribution >= 4 is 22.8 Å². The third-order valence-corrected chi connectivity index (χ3v) is 3.62.